The lowest BCUT2D eigenvalue weighted by Gasteiger charge is -2.16. The van der Waals surface area contributed by atoms with Crippen LogP contribution in [0.4, 0.5) is 5.69 Å². The van der Waals surface area contributed by atoms with E-state index in [0.717, 1.165) is 15.6 Å². The molecule has 0 fully saturated rings. The van der Waals surface area contributed by atoms with Crippen molar-refractivity contribution >= 4 is 49.2 Å². The molecule has 0 bridgehead atoms. The number of Topliss-reactive ketones (excluding diaryl/α,β-unsaturated/α-hetero) is 1. The summed E-state index contributed by atoms with van der Waals surface area (Å²) in [6, 6.07) is 14.4. The van der Waals surface area contributed by atoms with Crippen molar-refractivity contribution in [3.05, 3.63) is 58.6 Å². The van der Waals surface area contributed by atoms with E-state index in [1.807, 2.05) is 24.3 Å². The number of anilines is 1. The highest BCUT2D eigenvalue weighted by molar-refractivity contribution is 9.10. The maximum Gasteiger partial charge on any atom is 0.231 e. The first-order valence-corrected chi connectivity index (χ1v) is 10.4. The van der Waals surface area contributed by atoms with Gasteiger partial charge in [-0.05, 0) is 48.5 Å². The maximum atomic E-state index is 12.2. The van der Waals surface area contributed by atoms with Crippen molar-refractivity contribution in [1.29, 1.82) is 0 Å². The molecule has 0 amide bonds. The highest BCUT2D eigenvalue weighted by Crippen LogP contribution is 2.22. The number of benzene rings is 2. The largest absolute Gasteiger partial charge is 0.293 e. The van der Waals surface area contributed by atoms with Gasteiger partial charge in [0.05, 0.1) is 17.7 Å². The van der Waals surface area contributed by atoms with Gasteiger partial charge in [0.15, 0.2) is 5.78 Å². The Hall–Kier alpha value is -1.31. The molecule has 23 heavy (non-hydrogen) atoms. The first-order chi connectivity index (χ1) is 10.8. The molecule has 0 spiro atoms. The van der Waals surface area contributed by atoms with Crippen LogP contribution in [0.15, 0.2) is 57.9 Å². The molecular formula is C16H16BrNO3S2. The smallest absolute Gasteiger partial charge is 0.231 e. The minimum atomic E-state index is -3.30. The molecule has 0 unspecified atom stereocenters. The van der Waals surface area contributed by atoms with E-state index in [0.29, 0.717) is 17.0 Å². The zero-order chi connectivity index (χ0) is 17.0. The third kappa shape index (κ3) is 5.09. The molecule has 122 valence electrons. The standard InChI is InChI=1S/C16H16BrNO3S2/c1-18(23(2,20)21)14-7-3-12(4-8-14)16(19)11-22-15-9-5-13(17)6-10-15/h3-10H,11H2,1-2H3. The summed E-state index contributed by atoms with van der Waals surface area (Å²) in [5.74, 6) is 0.342. The summed E-state index contributed by atoms with van der Waals surface area (Å²) in [4.78, 5) is 13.2. The molecule has 2 aromatic carbocycles. The molecule has 0 radical (unpaired) electrons. The normalized spacial score (nSPS) is 11.3. The second kappa shape index (κ2) is 7.51. The van der Waals surface area contributed by atoms with Crippen LogP contribution in [0, 0.1) is 0 Å². The van der Waals surface area contributed by atoms with Crippen LogP contribution in [-0.4, -0.2) is 33.3 Å². The number of carbonyl (C=O) groups is 1. The molecule has 0 aliphatic heterocycles. The monoisotopic (exact) mass is 413 g/mol. The van der Waals surface area contributed by atoms with Gasteiger partial charge in [0.1, 0.15) is 0 Å². The van der Waals surface area contributed by atoms with Crippen molar-refractivity contribution in [2.45, 2.75) is 4.90 Å². The second-order valence-electron chi connectivity index (χ2n) is 4.94. The summed E-state index contributed by atoms with van der Waals surface area (Å²) in [6.07, 6.45) is 1.14. The lowest BCUT2D eigenvalue weighted by Crippen LogP contribution is -2.24. The Kier molecular flexibility index (Phi) is 5.89. The molecule has 7 heteroatoms. The van der Waals surface area contributed by atoms with E-state index in [1.54, 1.807) is 24.3 Å². The van der Waals surface area contributed by atoms with Crippen molar-refractivity contribution < 1.29 is 13.2 Å². The number of thioether (sulfide) groups is 1. The third-order valence-electron chi connectivity index (χ3n) is 3.23. The van der Waals surface area contributed by atoms with Crippen LogP contribution in [0.3, 0.4) is 0 Å². The Morgan fingerprint density at radius 2 is 1.65 bits per heavy atom. The lowest BCUT2D eigenvalue weighted by molar-refractivity contribution is 0.102. The molecule has 0 aliphatic rings. The Labute approximate surface area is 149 Å². The quantitative estimate of drug-likeness (QED) is 0.533. The highest BCUT2D eigenvalue weighted by atomic mass is 79.9. The second-order valence-corrected chi connectivity index (χ2v) is 8.92. The van der Waals surface area contributed by atoms with E-state index in [1.165, 1.54) is 23.1 Å². The van der Waals surface area contributed by atoms with Crippen molar-refractivity contribution in [2.24, 2.45) is 0 Å². The number of ketones is 1. The fourth-order valence-corrected chi connectivity index (χ4v) is 3.37. The summed E-state index contributed by atoms with van der Waals surface area (Å²) < 4.78 is 25.1. The number of carbonyl (C=O) groups excluding carboxylic acids is 1. The highest BCUT2D eigenvalue weighted by Gasteiger charge is 2.13. The minimum Gasteiger partial charge on any atom is -0.293 e. The van der Waals surface area contributed by atoms with Gasteiger partial charge in [0, 0.05) is 22.0 Å². The number of hydrogen-bond donors (Lipinski definition) is 0. The van der Waals surface area contributed by atoms with Crippen molar-refractivity contribution in [2.75, 3.05) is 23.4 Å². The van der Waals surface area contributed by atoms with Crippen molar-refractivity contribution in [3.63, 3.8) is 0 Å². The Balaban J connectivity index is 2.01. The van der Waals surface area contributed by atoms with E-state index in [2.05, 4.69) is 15.9 Å². The van der Waals surface area contributed by atoms with Crippen LogP contribution >= 0.6 is 27.7 Å². The molecule has 4 nitrogen and oxygen atoms in total. The average Bonchev–Trinajstić information content (AvgIpc) is 2.52. The van der Waals surface area contributed by atoms with E-state index in [-0.39, 0.29) is 5.78 Å². The van der Waals surface area contributed by atoms with Crippen LogP contribution in [0.1, 0.15) is 10.4 Å². The van der Waals surface area contributed by atoms with Gasteiger partial charge < -0.3 is 0 Å². The number of halogens is 1. The zero-order valence-electron chi connectivity index (χ0n) is 12.7. The van der Waals surface area contributed by atoms with Crippen molar-refractivity contribution in [1.82, 2.24) is 0 Å². The summed E-state index contributed by atoms with van der Waals surface area (Å²) in [6.45, 7) is 0. The topological polar surface area (TPSA) is 54.5 Å². The number of sulfonamides is 1. The average molecular weight is 414 g/mol. The molecule has 0 heterocycles. The van der Waals surface area contributed by atoms with Crippen LogP contribution in [0.5, 0.6) is 0 Å². The summed E-state index contributed by atoms with van der Waals surface area (Å²) in [7, 11) is -1.82. The van der Waals surface area contributed by atoms with Crippen LogP contribution in [0.25, 0.3) is 0 Å². The van der Waals surface area contributed by atoms with Gasteiger partial charge in [0.25, 0.3) is 0 Å². The van der Waals surface area contributed by atoms with E-state index >= 15 is 0 Å². The molecule has 0 aromatic heterocycles. The van der Waals surface area contributed by atoms with Gasteiger partial charge in [0.2, 0.25) is 10.0 Å². The third-order valence-corrected chi connectivity index (χ3v) is 5.98. The molecule has 0 atom stereocenters. The lowest BCUT2D eigenvalue weighted by atomic mass is 10.1. The summed E-state index contributed by atoms with van der Waals surface area (Å²) in [5.41, 5.74) is 1.10. The van der Waals surface area contributed by atoms with Gasteiger partial charge in [-0.2, -0.15) is 0 Å². The van der Waals surface area contributed by atoms with E-state index in [9.17, 15) is 13.2 Å². The predicted molar refractivity (Wildman–Crippen MR) is 98.9 cm³/mol. The van der Waals surface area contributed by atoms with Gasteiger partial charge >= 0.3 is 0 Å². The van der Waals surface area contributed by atoms with E-state index < -0.39 is 10.0 Å². The fraction of sp³-hybridized carbons (Fsp3) is 0.188. The van der Waals surface area contributed by atoms with Gasteiger partial charge in [-0.1, -0.05) is 15.9 Å². The Bertz CT molecular complexity index is 787. The van der Waals surface area contributed by atoms with Gasteiger partial charge in [-0.25, -0.2) is 8.42 Å². The maximum absolute atomic E-state index is 12.2. The molecule has 0 aliphatic carbocycles. The molecular weight excluding hydrogens is 398 g/mol. The Morgan fingerprint density at radius 1 is 1.09 bits per heavy atom. The molecule has 2 rings (SSSR count). The number of rotatable bonds is 6. The minimum absolute atomic E-state index is 0.00600. The summed E-state index contributed by atoms with van der Waals surface area (Å²) >= 11 is 4.84. The van der Waals surface area contributed by atoms with E-state index in [4.69, 9.17) is 0 Å². The molecule has 0 saturated heterocycles. The SMILES string of the molecule is CN(c1ccc(C(=O)CSc2ccc(Br)cc2)cc1)S(C)(=O)=O. The number of nitrogens with zero attached hydrogens (tertiary/aromatic N) is 1. The number of hydrogen-bond acceptors (Lipinski definition) is 4. The van der Waals surface area contributed by atoms with Crippen molar-refractivity contribution in [3.8, 4) is 0 Å². The zero-order valence-corrected chi connectivity index (χ0v) is 15.9. The summed E-state index contributed by atoms with van der Waals surface area (Å²) in [5, 5.41) is 0. The van der Waals surface area contributed by atoms with Gasteiger partial charge in [-0.15, -0.1) is 11.8 Å². The first-order valence-electron chi connectivity index (χ1n) is 6.73. The van der Waals surface area contributed by atoms with Crippen LogP contribution in [-0.2, 0) is 10.0 Å². The van der Waals surface area contributed by atoms with Gasteiger partial charge in [-0.3, -0.25) is 9.10 Å². The first kappa shape index (κ1) is 18.0. The predicted octanol–water partition coefficient (Wildman–Crippen LogP) is 3.82. The fourth-order valence-electron chi connectivity index (χ4n) is 1.81. The Morgan fingerprint density at radius 3 is 2.17 bits per heavy atom. The van der Waals surface area contributed by atoms with Crippen LogP contribution < -0.4 is 4.31 Å². The van der Waals surface area contributed by atoms with Crippen LogP contribution in [0.2, 0.25) is 0 Å². The molecule has 0 saturated carbocycles. The molecule has 2 aromatic rings. The molecule has 0 N–H and O–H groups in total.